The fourth-order valence-electron chi connectivity index (χ4n) is 4.22. The van der Waals surface area contributed by atoms with Crippen molar-refractivity contribution in [2.24, 2.45) is 5.92 Å². The molecule has 2 rings (SSSR count). The topological polar surface area (TPSA) is 34.1 Å². The van der Waals surface area contributed by atoms with Gasteiger partial charge in [0, 0.05) is 35.4 Å². The number of carbonyl (C=O) groups excluding carboxylic acids is 2. The van der Waals surface area contributed by atoms with Crippen molar-refractivity contribution in [1.29, 1.82) is 0 Å². The highest BCUT2D eigenvalue weighted by atomic mass is 35.5. The predicted octanol–water partition coefficient (Wildman–Crippen LogP) is 10.1. The second kappa shape index (κ2) is 13.0. The van der Waals surface area contributed by atoms with E-state index in [2.05, 4.69) is 0 Å². The first kappa shape index (κ1) is 34.3. The van der Waals surface area contributed by atoms with Gasteiger partial charge in [-0.2, -0.15) is 39.5 Å². The van der Waals surface area contributed by atoms with Crippen LogP contribution in [0.1, 0.15) is 76.7 Å². The third kappa shape index (κ3) is 9.86. The average molecular weight is 619 g/mol. The zero-order valence-corrected chi connectivity index (χ0v) is 22.7. The molecule has 0 aliphatic heterocycles. The molecule has 0 aliphatic rings. The lowest BCUT2D eigenvalue weighted by atomic mass is 9.90. The van der Waals surface area contributed by atoms with Crippen LogP contribution < -0.4 is 0 Å². The Morgan fingerprint density at radius 1 is 0.902 bits per heavy atom. The maximum absolute atomic E-state index is 15.1. The summed E-state index contributed by atoms with van der Waals surface area (Å²) >= 11 is 5.99. The lowest BCUT2D eigenvalue weighted by molar-refractivity contribution is -0.143. The van der Waals surface area contributed by atoms with Gasteiger partial charge in [-0.05, 0) is 48.6 Å². The number of hydrogen-bond donors (Lipinski definition) is 0. The Morgan fingerprint density at radius 3 is 1.95 bits per heavy atom. The van der Waals surface area contributed by atoms with E-state index in [9.17, 15) is 49.1 Å². The zero-order valence-electron chi connectivity index (χ0n) is 21.9. The van der Waals surface area contributed by atoms with Gasteiger partial charge in [0.05, 0.1) is 12.0 Å². The van der Waals surface area contributed by atoms with Gasteiger partial charge in [-0.15, -0.1) is 0 Å². The minimum atomic E-state index is -5.21. The van der Waals surface area contributed by atoms with Crippen LogP contribution in [0.4, 0.5) is 43.9 Å². The summed E-state index contributed by atoms with van der Waals surface area (Å²) in [6.07, 6.45) is -18.0. The van der Waals surface area contributed by atoms with Crippen molar-refractivity contribution in [3.63, 3.8) is 0 Å². The van der Waals surface area contributed by atoms with Crippen LogP contribution in [0.5, 0.6) is 0 Å². The lowest BCUT2D eigenvalue weighted by Gasteiger charge is -2.20. The highest BCUT2D eigenvalue weighted by Crippen LogP contribution is 2.41. The minimum Gasteiger partial charge on any atom is -0.300 e. The van der Waals surface area contributed by atoms with E-state index in [1.165, 1.54) is 20.8 Å². The molecule has 2 aromatic rings. The van der Waals surface area contributed by atoms with Gasteiger partial charge in [-0.1, -0.05) is 42.8 Å². The van der Waals surface area contributed by atoms with Gasteiger partial charge < -0.3 is 0 Å². The van der Waals surface area contributed by atoms with Crippen LogP contribution in [0.3, 0.4) is 0 Å². The van der Waals surface area contributed by atoms with Gasteiger partial charge in [0.25, 0.3) is 0 Å². The van der Waals surface area contributed by atoms with Crippen LogP contribution in [0.2, 0.25) is 5.02 Å². The molecule has 0 N–H and O–H groups in total. The molecular weight excluding hydrogens is 594 g/mol. The molecule has 41 heavy (non-hydrogen) atoms. The molecule has 226 valence electrons. The lowest BCUT2D eigenvalue weighted by Crippen LogP contribution is -2.20. The summed E-state index contributed by atoms with van der Waals surface area (Å²) in [6.45, 7) is 4.18. The summed E-state index contributed by atoms with van der Waals surface area (Å²) in [6, 6.07) is 3.74. The Kier molecular flexibility index (Phi) is 10.8. The molecule has 0 aromatic heterocycles. The summed E-state index contributed by atoms with van der Waals surface area (Å²) in [5.41, 5.74) is -3.21. The van der Waals surface area contributed by atoms with Crippen LogP contribution in [0.15, 0.2) is 36.4 Å². The van der Waals surface area contributed by atoms with E-state index in [4.69, 9.17) is 11.6 Å². The van der Waals surface area contributed by atoms with Crippen LogP contribution in [-0.4, -0.2) is 23.9 Å². The molecule has 2 aromatic carbocycles. The van der Waals surface area contributed by atoms with Crippen molar-refractivity contribution in [3.8, 4) is 0 Å². The molecule has 0 heterocycles. The van der Waals surface area contributed by atoms with Crippen LogP contribution in [0.25, 0.3) is 5.83 Å². The molecule has 13 heteroatoms. The Balaban J connectivity index is 2.39. The molecule has 0 saturated heterocycles. The molecule has 0 aliphatic carbocycles. The monoisotopic (exact) mass is 618 g/mol. The normalized spacial score (nSPS) is 14.6. The quantitative estimate of drug-likeness (QED) is 0.196. The second-order valence-corrected chi connectivity index (χ2v) is 10.2. The summed E-state index contributed by atoms with van der Waals surface area (Å²) < 4.78 is 135. The van der Waals surface area contributed by atoms with Crippen molar-refractivity contribution in [2.75, 3.05) is 0 Å². The summed E-state index contributed by atoms with van der Waals surface area (Å²) in [5.74, 6) is -7.00. The third-order valence-electron chi connectivity index (χ3n) is 6.18. The van der Waals surface area contributed by atoms with Crippen LogP contribution in [0, 0.1) is 19.8 Å². The van der Waals surface area contributed by atoms with E-state index in [-0.39, 0.29) is 33.9 Å². The number of carbonyl (C=O) groups is 2. The molecule has 2 atom stereocenters. The molecule has 0 bridgehead atoms. The van der Waals surface area contributed by atoms with E-state index in [1.807, 2.05) is 0 Å². The van der Waals surface area contributed by atoms with Gasteiger partial charge in [-0.3, -0.25) is 9.59 Å². The number of Topliss-reactive ketones (excluding diaryl/α,β-unsaturated/α-hetero) is 2. The smallest absolute Gasteiger partial charge is 0.300 e. The number of hydrogen-bond acceptors (Lipinski definition) is 2. The van der Waals surface area contributed by atoms with Crippen molar-refractivity contribution in [2.45, 2.75) is 70.9 Å². The molecular formula is C28H25ClF10O2. The molecule has 0 saturated carbocycles. The fourth-order valence-corrected chi connectivity index (χ4v) is 4.33. The first-order valence-electron chi connectivity index (χ1n) is 12.1. The van der Waals surface area contributed by atoms with Crippen LogP contribution in [-0.2, 0) is 11.0 Å². The molecule has 1 unspecified atom stereocenters. The molecule has 0 amide bonds. The van der Waals surface area contributed by atoms with E-state index in [1.54, 1.807) is 0 Å². The summed E-state index contributed by atoms with van der Waals surface area (Å²) in [7, 11) is 0. The average Bonchev–Trinajstić information content (AvgIpc) is 2.82. The number of aryl methyl sites for hydroxylation is 2. The highest BCUT2D eigenvalue weighted by molar-refractivity contribution is 6.32. The number of alkyl halides is 9. The van der Waals surface area contributed by atoms with E-state index < -0.39 is 90.1 Å². The number of benzene rings is 2. The summed E-state index contributed by atoms with van der Waals surface area (Å²) in [4.78, 5) is 24.4. The van der Waals surface area contributed by atoms with Gasteiger partial charge in [0.1, 0.15) is 17.5 Å². The number of rotatable bonds is 10. The molecule has 0 fully saturated rings. The fraction of sp³-hybridized carbons (Fsp3) is 0.429. The SMILES string of the molecule is Cc1cc(C(/C=C(\F)c2ccc(C(=O)C[C@H](C)CC(=O)CCC(F)(F)F)c(C(F)(F)F)c2)C(F)(F)F)cc(C)c1Cl. The Labute approximate surface area is 234 Å². The first-order valence-corrected chi connectivity index (χ1v) is 12.5. The standard InChI is InChI=1S/C28H25ClF10O2/c1-14(8-19(40)6-7-26(31,32)33)9-24(41)20-5-4-17(12-22(20)28(37,38)39)23(30)13-21(27(34,35)36)18-10-15(2)25(29)16(3)11-18/h4-5,10-14,21H,6-9H2,1-3H3/b23-13-/t14-,21?/m1/s1. The molecule has 0 spiro atoms. The van der Waals surface area contributed by atoms with Gasteiger partial charge >= 0.3 is 18.5 Å². The first-order chi connectivity index (χ1) is 18.6. The molecule has 2 nitrogen and oxygen atoms in total. The maximum atomic E-state index is 15.1. The Bertz CT molecular complexity index is 1280. The van der Waals surface area contributed by atoms with Crippen LogP contribution >= 0.6 is 11.6 Å². The van der Waals surface area contributed by atoms with Gasteiger partial charge in [0.2, 0.25) is 0 Å². The number of halogens is 11. The largest absolute Gasteiger partial charge is 0.417 e. The maximum Gasteiger partial charge on any atom is 0.417 e. The van der Waals surface area contributed by atoms with Crippen molar-refractivity contribution >= 4 is 29.0 Å². The highest BCUT2D eigenvalue weighted by Gasteiger charge is 2.41. The van der Waals surface area contributed by atoms with Gasteiger partial charge in [-0.25, -0.2) is 4.39 Å². The molecule has 0 radical (unpaired) electrons. The van der Waals surface area contributed by atoms with E-state index in [0.717, 1.165) is 18.2 Å². The van der Waals surface area contributed by atoms with Crippen molar-refractivity contribution in [1.82, 2.24) is 0 Å². The van der Waals surface area contributed by atoms with Crippen molar-refractivity contribution in [3.05, 3.63) is 74.8 Å². The number of allylic oxidation sites excluding steroid dienone is 1. The Hall–Kier alpha value is -2.89. The van der Waals surface area contributed by atoms with Crippen molar-refractivity contribution < 1.29 is 53.5 Å². The van der Waals surface area contributed by atoms with E-state index in [0.29, 0.717) is 6.07 Å². The number of ketones is 2. The van der Waals surface area contributed by atoms with E-state index >= 15 is 4.39 Å². The summed E-state index contributed by atoms with van der Waals surface area (Å²) in [5, 5.41) is 0.203. The second-order valence-electron chi connectivity index (χ2n) is 9.85. The minimum absolute atomic E-state index is 0.133. The Morgan fingerprint density at radius 2 is 1.46 bits per heavy atom. The third-order valence-corrected chi connectivity index (χ3v) is 6.78. The zero-order chi connectivity index (χ0) is 31.5. The predicted molar refractivity (Wildman–Crippen MR) is 133 cm³/mol. The van der Waals surface area contributed by atoms with Gasteiger partial charge in [0.15, 0.2) is 5.78 Å².